The first kappa shape index (κ1) is 32.2. The number of carboxylic acid groups (broad SMARTS) is 1. The van der Waals surface area contributed by atoms with Crippen LogP contribution in [0.2, 0.25) is 0 Å². The Morgan fingerprint density at radius 2 is 1.59 bits per heavy atom. The van der Waals surface area contributed by atoms with E-state index in [0.29, 0.717) is 37.4 Å². The second-order valence-corrected chi connectivity index (χ2v) is 10.9. The predicted octanol–water partition coefficient (Wildman–Crippen LogP) is 3.66. The van der Waals surface area contributed by atoms with Crippen LogP contribution < -0.4 is 15.2 Å². The fraction of sp³-hybridized carbons (Fsp3) is 0.643. The summed E-state index contributed by atoms with van der Waals surface area (Å²) < 4.78 is 42.7. The van der Waals surface area contributed by atoms with Crippen LogP contribution in [-0.2, 0) is 14.4 Å². The van der Waals surface area contributed by atoms with Gasteiger partial charge in [-0.1, -0.05) is 26.7 Å². The lowest BCUT2D eigenvalue weighted by Gasteiger charge is -2.43. The van der Waals surface area contributed by atoms with Crippen molar-refractivity contribution in [3.05, 3.63) is 23.8 Å². The lowest BCUT2D eigenvalue weighted by atomic mass is 9.73. The highest BCUT2D eigenvalue weighted by Gasteiger charge is 2.44. The molecule has 2 fully saturated rings. The van der Waals surface area contributed by atoms with Gasteiger partial charge in [0.05, 0.1) is 32.0 Å². The van der Waals surface area contributed by atoms with Gasteiger partial charge in [-0.15, -0.1) is 0 Å². The number of halogens is 3. The molecule has 0 bridgehead atoms. The number of carbonyl (C=O) groups is 3. The molecule has 3 atom stereocenters. The van der Waals surface area contributed by atoms with Gasteiger partial charge in [-0.05, 0) is 49.8 Å². The summed E-state index contributed by atoms with van der Waals surface area (Å²) >= 11 is 0. The van der Waals surface area contributed by atoms with Crippen LogP contribution in [0.3, 0.4) is 0 Å². The number of carbonyl (C=O) groups excluding carboxylic acids is 2. The van der Waals surface area contributed by atoms with Gasteiger partial charge in [0.2, 0.25) is 11.8 Å². The molecule has 228 valence electrons. The third kappa shape index (κ3) is 7.49. The number of nitrogens with two attached hydrogens (primary N) is 1. The number of benzene rings is 1. The van der Waals surface area contributed by atoms with E-state index in [-0.39, 0.29) is 35.6 Å². The zero-order valence-electron chi connectivity index (χ0n) is 23.8. The number of aliphatic carboxylic acids is 1. The van der Waals surface area contributed by atoms with Crippen molar-refractivity contribution >= 4 is 23.5 Å². The Morgan fingerprint density at radius 3 is 2.10 bits per heavy atom. The van der Waals surface area contributed by atoms with Crippen molar-refractivity contribution in [2.24, 2.45) is 28.6 Å². The Bertz CT molecular complexity index is 1130. The summed E-state index contributed by atoms with van der Waals surface area (Å²) in [5.74, 6) is -1.10. The second kappa shape index (κ2) is 13.5. The number of hydrazone groups is 1. The van der Waals surface area contributed by atoms with E-state index in [4.69, 9.17) is 30.2 Å². The molecular formula is C28H39F3N4O6. The molecule has 13 heteroatoms. The average molecular weight is 585 g/mol. The molecule has 0 radical (unpaired) electrons. The highest BCUT2D eigenvalue weighted by molar-refractivity contribution is 6.07. The Morgan fingerprint density at radius 1 is 1.02 bits per heavy atom. The monoisotopic (exact) mass is 584 g/mol. The molecule has 0 aromatic heterocycles. The van der Waals surface area contributed by atoms with Crippen molar-refractivity contribution in [3.8, 4) is 11.5 Å². The number of nitrogens with zero attached hydrogens (tertiary/aromatic N) is 3. The number of hydrogen-bond acceptors (Lipinski definition) is 7. The molecule has 0 spiro atoms. The minimum absolute atomic E-state index is 0.000262. The smallest absolute Gasteiger partial charge is 0.490 e. The Balaban J connectivity index is 0.000000587. The van der Waals surface area contributed by atoms with Gasteiger partial charge in [0.1, 0.15) is 0 Å². The molecule has 3 aliphatic rings. The number of piperidine rings is 1. The lowest BCUT2D eigenvalue weighted by Crippen LogP contribution is -2.55. The third-order valence-electron chi connectivity index (χ3n) is 7.92. The summed E-state index contributed by atoms with van der Waals surface area (Å²) in [6, 6.07) is 5.38. The maximum absolute atomic E-state index is 13.5. The van der Waals surface area contributed by atoms with E-state index in [1.54, 1.807) is 19.2 Å². The van der Waals surface area contributed by atoms with E-state index in [2.05, 4.69) is 0 Å². The molecule has 2 aliphatic heterocycles. The molecule has 4 rings (SSSR count). The number of amides is 2. The van der Waals surface area contributed by atoms with Gasteiger partial charge >= 0.3 is 12.1 Å². The largest absolute Gasteiger partial charge is 0.493 e. The number of alkyl halides is 3. The van der Waals surface area contributed by atoms with Gasteiger partial charge in [0.15, 0.2) is 11.5 Å². The summed E-state index contributed by atoms with van der Waals surface area (Å²) in [7, 11) is 3.25. The predicted molar refractivity (Wildman–Crippen MR) is 144 cm³/mol. The van der Waals surface area contributed by atoms with Crippen LogP contribution >= 0.6 is 0 Å². The summed E-state index contributed by atoms with van der Waals surface area (Å²) in [6.07, 6.45) is 0.381. The van der Waals surface area contributed by atoms with Crippen molar-refractivity contribution in [2.75, 3.05) is 27.3 Å². The van der Waals surface area contributed by atoms with Crippen LogP contribution in [0.15, 0.2) is 23.3 Å². The van der Waals surface area contributed by atoms with Gasteiger partial charge in [0, 0.05) is 30.5 Å². The number of likely N-dealkylation sites (tertiary alicyclic amines) is 1. The van der Waals surface area contributed by atoms with Gasteiger partial charge < -0.3 is 25.2 Å². The number of hydrogen-bond donors (Lipinski definition) is 2. The fourth-order valence-corrected chi connectivity index (χ4v) is 5.52. The van der Waals surface area contributed by atoms with Crippen LogP contribution in [-0.4, -0.2) is 84.1 Å². The van der Waals surface area contributed by atoms with E-state index in [1.807, 2.05) is 36.9 Å². The molecule has 1 aliphatic carbocycles. The summed E-state index contributed by atoms with van der Waals surface area (Å²) in [5, 5.41) is 13.8. The first-order valence-corrected chi connectivity index (χ1v) is 13.8. The zero-order chi connectivity index (χ0) is 30.5. The van der Waals surface area contributed by atoms with Gasteiger partial charge in [0.25, 0.3) is 0 Å². The first-order chi connectivity index (χ1) is 19.3. The molecule has 1 saturated heterocycles. The SMILES string of the molecule is COc1ccc(C2=NN(C3CCN(C(=O)[C@H](N)C(C)C)CC3)C(=O)[C@@H]3CCCC[C@H]23)cc1OC.O=C(O)C(F)(F)F. The minimum Gasteiger partial charge on any atom is -0.493 e. The Hall–Kier alpha value is -3.35. The van der Waals surface area contributed by atoms with E-state index < -0.39 is 18.2 Å². The normalized spacial score (nSPS) is 22.3. The minimum atomic E-state index is -5.08. The van der Waals surface area contributed by atoms with E-state index in [1.165, 1.54) is 0 Å². The molecule has 1 aromatic rings. The number of carboxylic acids is 1. The summed E-state index contributed by atoms with van der Waals surface area (Å²) in [5.41, 5.74) is 8.03. The number of ether oxygens (including phenoxy) is 2. The van der Waals surface area contributed by atoms with Crippen molar-refractivity contribution in [1.82, 2.24) is 9.91 Å². The Labute approximate surface area is 237 Å². The topological polar surface area (TPSA) is 135 Å². The maximum Gasteiger partial charge on any atom is 0.490 e. The quantitative estimate of drug-likeness (QED) is 0.521. The van der Waals surface area contributed by atoms with Crippen LogP contribution in [0.1, 0.15) is 57.9 Å². The van der Waals surface area contributed by atoms with Crippen LogP contribution in [0.5, 0.6) is 11.5 Å². The Kier molecular flexibility index (Phi) is 10.6. The van der Waals surface area contributed by atoms with Crippen molar-refractivity contribution in [1.29, 1.82) is 0 Å². The maximum atomic E-state index is 13.5. The van der Waals surface area contributed by atoms with Crippen LogP contribution in [0.4, 0.5) is 13.2 Å². The number of fused-ring (bicyclic) bond motifs is 1. The third-order valence-corrected chi connectivity index (χ3v) is 7.92. The average Bonchev–Trinajstić information content (AvgIpc) is 2.96. The molecule has 3 N–H and O–H groups in total. The highest BCUT2D eigenvalue weighted by atomic mass is 19.4. The number of rotatable bonds is 6. The second-order valence-electron chi connectivity index (χ2n) is 10.9. The van der Waals surface area contributed by atoms with Gasteiger partial charge in [-0.3, -0.25) is 9.59 Å². The summed E-state index contributed by atoms with van der Waals surface area (Å²) in [4.78, 5) is 37.0. The fourth-order valence-electron chi connectivity index (χ4n) is 5.52. The van der Waals surface area contributed by atoms with E-state index in [9.17, 15) is 22.8 Å². The zero-order valence-corrected chi connectivity index (χ0v) is 23.8. The molecule has 2 heterocycles. The molecular weight excluding hydrogens is 545 g/mol. The van der Waals surface area contributed by atoms with E-state index >= 15 is 0 Å². The standard InChI is InChI=1S/C26H38N4O4.C2HF3O2/c1-16(2)23(27)26(32)29-13-11-18(12-14-29)30-25(31)20-8-6-5-7-19(20)24(28-30)17-9-10-21(33-3)22(15-17)34-4;3-2(4,5)1(6)7/h9-10,15-16,18-20,23H,5-8,11-14,27H2,1-4H3;(H,6,7)/t19-,20+,23+;/m0./s1. The van der Waals surface area contributed by atoms with Gasteiger partial charge in [-0.25, -0.2) is 9.80 Å². The number of methoxy groups -OCH3 is 2. The van der Waals surface area contributed by atoms with Crippen molar-refractivity contribution in [3.63, 3.8) is 0 Å². The molecule has 0 unspecified atom stereocenters. The van der Waals surface area contributed by atoms with E-state index in [0.717, 1.165) is 37.0 Å². The molecule has 1 saturated carbocycles. The van der Waals surface area contributed by atoms with Crippen LogP contribution in [0, 0.1) is 17.8 Å². The molecule has 10 nitrogen and oxygen atoms in total. The van der Waals surface area contributed by atoms with Crippen LogP contribution in [0.25, 0.3) is 0 Å². The molecule has 1 aromatic carbocycles. The lowest BCUT2D eigenvalue weighted by molar-refractivity contribution is -0.192. The molecule has 41 heavy (non-hydrogen) atoms. The molecule has 2 amide bonds. The summed E-state index contributed by atoms with van der Waals surface area (Å²) in [6.45, 7) is 5.13. The highest BCUT2D eigenvalue weighted by Crippen LogP contribution is 2.40. The van der Waals surface area contributed by atoms with Gasteiger partial charge in [-0.2, -0.15) is 18.3 Å². The van der Waals surface area contributed by atoms with Crippen molar-refractivity contribution in [2.45, 2.75) is 70.6 Å². The first-order valence-electron chi connectivity index (χ1n) is 13.8. The van der Waals surface area contributed by atoms with Crippen molar-refractivity contribution < 1.29 is 42.1 Å².